The third-order valence-electron chi connectivity index (χ3n) is 4.65. The molecule has 0 fully saturated rings. The maximum Gasteiger partial charge on any atom is 0.258 e. The molecular formula is C21H18ClN5O. The number of benzene rings is 1. The molecule has 0 aliphatic rings. The monoisotopic (exact) mass is 391 g/mol. The smallest absolute Gasteiger partial charge is 0.258 e. The summed E-state index contributed by atoms with van der Waals surface area (Å²) in [6.45, 7) is 7.72. The zero-order valence-corrected chi connectivity index (χ0v) is 16.3. The Hall–Kier alpha value is -3.25. The molecule has 140 valence electrons. The van der Waals surface area contributed by atoms with E-state index in [1.165, 1.54) is 0 Å². The molecule has 0 bridgehead atoms. The van der Waals surface area contributed by atoms with Crippen LogP contribution in [0.3, 0.4) is 0 Å². The number of aryl methyl sites for hydroxylation is 2. The molecule has 4 rings (SSSR count). The molecule has 3 heterocycles. The fourth-order valence-corrected chi connectivity index (χ4v) is 3.22. The minimum Gasteiger partial charge on any atom is -0.310 e. The molecule has 0 saturated heterocycles. The first-order valence-corrected chi connectivity index (χ1v) is 9.15. The molecule has 0 unspecified atom stereocenters. The zero-order valence-electron chi connectivity index (χ0n) is 15.5. The number of pyridine rings is 1. The van der Waals surface area contributed by atoms with Crippen molar-refractivity contribution in [3.05, 3.63) is 86.8 Å². The van der Waals surface area contributed by atoms with Crippen molar-refractivity contribution in [3.8, 4) is 5.82 Å². The van der Waals surface area contributed by atoms with Crippen LogP contribution in [-0.4, -0.2) is 24.7 Å². The van der Waals surface area contributed by atoms with Gasteiger partial charge in [-0.15, -0.1) is 0 Å². The highest BCUT2D eigenvalue weighted by atomic mass is 35.5. The Bertz CT molecular complexity index is 1240. The number of halogens is 1. The Kier molecular flexibility index (Phi) is 4.57. The summed E-state index contributed by atoms with van der Waals surface area (Å²) in [5.41, 5.74) is 4.14. The van der Waals surface area contributed by atoms with E-state index in [2.05, 4.69) is 26.6 Å². The number of rotatable bonds is 4. The molecule has 0 spiro atoms. The average molecular weight is 392 g/mol. The van der Waals surface area contributed by atoms with Crippen molar-refractivity contribution in [2.75, 3.05) is 0 Å². The van der Waals surface area contributed by atoms with E-state index in [1.807, 2.05) is 32.2 Å². The van der Waals surface area contributed by atoms with Crippen LogP contribution in [0, 0.1) is 13.8 Å². The second-order valence-electron chi connectivity index (χ2n) is 6.65. The maximum atomic E-state index is 12.4. The lowest BCUT2D eigenvalue weighted by atomic mass is 10.1. The number of nitrogens with zero attached hydrogens (tertiary/aromatic N) is 4. The number of fused-ring (bicyclic) bond motifs is 1. The molecule has 0 atom stereocenters. The Morgan fingerprint density at radius 3 is 2.75 bits per heavy atom. The van der Waals surface area contributed by atoms with E-state index in [0.29, 0.717) is 28.2 Å². The summed E-state index contributed by atoms with van der Waals surface area (Å²) in [5, 5.41) is 5.37. The van der Waals surface area contributed by atoms with Crippen LogP contribution in [0.1, 0.15) is 28.2 Å². The summed E-state index contributed by atoms with van der Waals surface area (Å²) in [7, 11) is 0. The van der Waals surface area contributed by atoms with Gasteiger partial charge in [-0.25, -0.2) is 14.6 Å². The number of hydrogen-bond acceptors (Lipinski definition) is 4. The Morgan fingerprint density at radius 2 is 2.11 bits per heavy atom. The third-order valence-corrected chi connectivity index (χ3v) is 4.98. The number of aromatic nitrogens is 5. The van der Waals surface area contributed by atoms with E-state index in [-0.39, 0.29) is 5.56 Å². The molecule has 0 radical (unpaired) electrons. The largest absolute Gasteiger partial charge is 0.310 e. The summed E-state index contributed by atoms with van der Waals surface area (Å²) >= 11 is 6.15. The van der Waals surface area contributed by atoms with Gasteiger partial charge in [0.25, 0.3) is 5.56 Å². The van der Waals surface area contributed by atoms with Crippen LogP contribution in [0.15, 0.2) is 48.0 Å². The highest BCUT2D eigenvalue weighted by Crippen LogP contribution is 2.22. The first-order chi connectivity index (χ1) is 13.4. The molecule has 0 saturated carbocycles. The Labute approximate surface area is 166 Å². The summed E-state index contributed by atoms with van der Waals surface area (Å²) in [6.07, 6.45) is 5.82. The quantitative estimate of drug-likeness (QED) is 0.570. The van der Waals surface area contributed by atoms with Crippen molar-refractivity contribution in [3.63, 3.8) is 0 Å². The summed E-state index contributed by atoms with van der Waals surface area (Å²) < 4.78 is 1.76. The van der Waals surface area contributed by atoms with E-state index in [0.717, 1.165) is 28.2 Å². The molecule has 0 aliphatic heterocycles. The molecular weight excluding hydrogens is 374 g/mol. The summed E-state index contributed by atoms with van der Waals surface area (Å²) in [6, 6.07) is 7.24. The molecule has 3 aromatic heterocycles. The van der Waals surface area contributed by atoms with Gasteiger partial charge >= 0.3 is 0 Å². The molecule has 4 aromatic rings. The third kappa shape index (κ3) is 3.34. The second-order valence-corrected chi connectivity index (χ2v) is 7.06. The fraction of sp³-hybridized carbons (Fsp3) is 0.143. The first-order valence-electron chi connectivity index (χ1n) is 8.77. The van der Waals surface area contributed by atoms with Crippen LogP contribution in [-0.2, 0) is 6.42 Å². The molecule has 0 amide bonds. The Morgan fingerprint density at radius 1 is 1.29 bits per heavy atom. The number of nitrogens with one attached hydrogen (secondary N) is 1. The van der Waals surface area contributed by atoms with Gasteiger partial charge in [0.15, 0.2) is 5.82 Å². The second kappa shape index (κ2) is 7.05. The lowest BCUT2D eigenvalue weighted by molar-refractivity contribution is 0.828. The van der Waals surface area contributed by atoms with Gasteiger partial charge in [0.2, 0.25) is 0 Å². The standard InChI is InChI=1S/C21H18ClN5O/c1-4-15-8-18-16(9-17(15)22)21(28)25-19(24-18)7-14-5-6-20(23-10-14)27-11-12(2)13(3)26-27/h4-6,8-11H,1,7H2,2-3H3,(H,24,25,28). The molecule has 7 heteroatoms. The van der Waals surface area contributed by atoms with Crippen molar-refractivity contribution >= 4 is 28.6 Å². The maximum absolute atomic E-state index is 12.4. The molecule has 0 aliphatic carbocycles. The summed E-state index contributed by atoms with van der Waals surface area (Å²) in [5.74, 6) is 1.31. The summed E-state index contributed by atoms with van der Waals surface area (Å²) in [4.78, 5) is 24.3. The van der Waals surface area contributed by atoms with E-state index < -0.39 is 0 Å². The zero-order chi connectivity index (χ0) is 19.8. The molecule has 6 nitrogen and oxygen atoms in total. The van der Waals surface area contributed by atoms with Crippen LogP contribution in [0.25, 0.3) is 22.8 Å². The van der Waals surface area contributed by atoms with Crippen molar-refractivity contribution in [1.82, 2.24) is 24.7 Å². The van der Waals surface area contributed by atoms with Gasteiger partial charge in [-0.05, 0) is 48.7 Å². The minimum absolute atomic E-state index is 0.218. The van der Waals surface area contributed by atoms with Gasteiger partial charge in [-0.2, -0.15) is 5.10 Å². The van der Waals surface area contributed by atoms with Gasteiger partial charge < -0.3 is 4.98 Å². The van der Waals surface area contributed by atoms with Gasteiger partial charge in [0, 0.05) is 23.8 Å². The minimum atomic E-state index is -0.218. The highest BCUT2D eigenvalue weighted by Gasteiger charge is 2.09. The lowest BCUT2D eigenvalue weighted by Crippen LogP contribution is -2.12. The normalized spacial score (nSPS) is 11.1. The van der Waals surface area contributed by atoms with Gasteiger partial charge in [-0.3, -0.25) is 4.79 Å². The fourth-order valence-electron chi connectivity index (χ4n) is 2.98. The highest BCUT2D eigenvalue weighted by molar-refractivity contribution is 6.32. The first kappa shape index (κ1) is 18.1. The van der Waals surface area contributed by atoms with Crippen LogP contribution >= 0.6 is 11.6 Å². The predicted octanol–water partition coefficient (Wildman–Crippen LogP) is 4.01. The van der Waals surface area contributed by atoms with E-state index in [4.69, 9.17) is 11.6 Å². The van der Waals surface area contributed by atoms with Crippen LogP contribution < -0.4 is 5.56 Å². The molecule has 28 heavy (non-hydrogen) atoms. The van der Waals surface area contributed by atoms with Gasteiger partial charge in [0.1, 0.15) is 5.82 Å². The molecule has 1 N–H and O–H groups in total. The SMILES string of the molecule is C=Cc1cc2nc(Cc3ccc(-n4cc(C)c(C)n4)nc3)[nH]c(=O)c2cc1Cl. The lowest BCUT2D eigenvalue weighted by Gasteiger charge is -2.06. The predicted molar refractivity (Wildman–Crippen MR) is 111 cm³/mol. The van der Waals surface area contributed by atoms with Crippen molar-refractivity contribution in [1.29, 1.82) is 0 Å². The Balaban J connectivity index is 1.65. The van der Waals surface area contributed by atoms with Crippen LogP contribution in [0.5, 0.6) is 0 Å². The van der Waals surface area contributed by atoms with Crippen molar-refractivity contribution < 1.29 is 0 Å². The van der Waals surface area contributed by atoms with E-state index in [9.17, 15) is 4.79 Å². The number of H-pyrrole nitrogens is 1. The average Bonchev–Trinajstić information content (AvgIpc) is 3.01. The van der Waals surface area contributed by atoms with E-state index in [1.54, 1.807) is 29.1 Å². The van der Waals surface area contributed by atoms with Crippen LogP contribution in [0.4, 0.5) is 0 Å². The van der Waals surface area contributed by atoms with E-state index >= 15 is 0 Å². The van der Waals surface area contributed by atoms with Crippen LogP contribution in [0.2, 0.25) is 5.02 Å². The number of hydrogen-bond donors (Lipinski definition) is 1. The topological polar surface area (TPSA) is 76.5 Å². The van der Waals surface area contributed by atoms with Crippen molar-refractivity contribution in [2.45, 2.75) is 20.3 Å². The van der Waals surface area contributed by atoms with Gasteiger partial charge in [-0.1, -0.05) is 30.3 Å². The van der Waals surface area contributed by atoms with Gasteiger partial charge in [0.05, 0.1) is 16.6 Å². The number of aromatic amines is 1. The molecule has 1 aromatic carbocycles. The van der Waals surface area contributed by atoms with Crippen molar-refractivity contribution in [2.24, 2.45) is 0 Å².